The summed E-state index contributed by atoms with van der Waals surface area (Å²) in [7, 11) is 0. The molecule has 0 radical (unpaired) electrons. The van der Waals surface area contributed by atoms with Crippen molar-refractivity contribution in [3.63, 3.8) is 0 Å². The average molecular weight is 1820 g/mol. The largest absolute Gasteiger partial charge is 0.394 e. The third-order valence-corrected chi connectivity index (χ3v) is 19.9. The summed E-state index contributed by atoms with van der Waals surface area (Å²) < 4.78 is 69.9. The molecule has 5 aliphatic heterocycles. The minimum Gasteiger partial charge on any atom is -0.394 e. The quantitative estimate of drug-likeness (QED) is 0.0245. The number of benzene rings is 7. The number of hydrogen-bond donors (Lipinski definition) is 6. The Balaban J connectivity index is -0.00000134. The van der Waals surface area contributed by atoms with Crippen molar-refractivity contribution in [2.45, 2.75) is 348 Å². The molecule has 7 aromatic carbocycles. The van der Waals surface area contributed by atoms with Crippen molar-refractivity contribution >= 4 is 0 Å². The van der Waals surface area contributed by atoms with Gasteiger partial charge in [0.2, 0.25) is 0 Å². The van der Waals surface area contributed by atoms with E-state index in [1.54, 1.807) is 0 Å². The van der Waals surface area contributed by atoms with Crippen LogP contribution in [-0.2, 0) is 81.4 Å². The van der Waals surface area contributed by atoms with E-state index in [2.05, 4.69) is 114 Å². The summed E-state index contributed by atoms with van der Waals surface area (Å²) in [4.78, 5) is 0. The third kappa shape index (κ3) is 82.5. The fraction of sp³-hybridized carbons (Fsp3) is 0.622. The van der Waals surface area contributed by atoms with Crippen LogP contribution in [0.1, 0.15) is 273 Å². The van der Waals surface area contributed by atoms with E-state index in [9.17, 15) is 0 Å². The number of aliphatic hydroxyl groups is 6. The number of hydrogen-bond acceptors (Lipinski definition) is 19. The van der Waals surface area contributed by atoms with Gasteiger partial charge in [-0.3, -0.25) is 0 Å². The van der Waals surface area contributed by atoms with E-state index in [1.807, 2.05) is 288 Å². The Morgan fingerprint density at radius 2 is 0.531 bits per heavy atom. The average Bonchev–Trinajstić information content (AvgIpc) is 1.77. The molecule has 5 fully saturated rings. The fourth-order valence-electron chi connectivity index (χ4n) is 11.3. The minimum atomic E-state index is -0.774. The first-order valence-electron chi connectivity index (χ1n) is 48.3. The predicted molar refractivity (Wildman–Crippen MR) is 537 cm³/mol. The van der Waals surface area contributed by atoms with E-state index in [4.69, 9.17) is 92.2 Å². The van der Waals surface area contributed by atoms with Gasteiger partial charge in [0.25, 0.3) is 0 Å². The van der Waals surface area contributed by atoms with E-state index in [-0.39, 0.29) is 62.9 Å². The van der Waals surface area contributed by atoms with E-state index in [1.165, 1.54) is 75.3 Å². The summed E-state index contributed by atoms with van der Waals surface area (Å²) in [6, 6.07) is 78.1. The molecule has 5 heterocycles. The van der Waals surface area contributed by atoms with Crippen LogP contribution in [0.25, 0.3) is 0 Å². The number of aliphatic hydroxyl groups excluding tert-OH is 6. The molecule has 0 amide bonds. The molecule has 130 heavy (non-hydrogen) atoms. The molecule has 19 heteroatoms. The summed E-state index contributed by atoms with van der Waals surface area (Å²) in [5.74, 6) is 1.39. The van der Waals surface area contributed by atoms with E-state index in [0.29, 0.717) is 64.2 Å². The molecular weight excluding hydrogens is 1640 g/mol. The Bertz CT molecular complexity index is 2990. The van der Waals surface area contributed by atoms with Gasteiger partial charge in [0.1, 0.15) is 24.4 Å². The lowest BCUT2D eigenvalue weighted by Gasteiger charge is -2.17. The standard InChI is InChI=1S/C13H18O3.C12H18O.C10H14O3.C8H16O2.C7H14O2.2C7H16.2C6H12O3.4C6H6.C6H14.C5H12O2/c1-13(2)15-10-12(16-13)9-14-8-11-6-4-3-5-7-11;1-3-11(2)9-13-10-12-7-5-4-6-8-12;11-6-10(12)8-13-7-9-4-2-1-3-5-9;1-4-5-7-6-9-8(2,3)10-7;1-4-6-5-8-7(2,3)9-6;2*1-4-6-7(3)5-2;2*1-6(2)8-4-5(3-7)9-6;4*1-2-4-6-5-3-1;1-4-6(3)5-2;1-2-3-5(7)4-6/h3-7,12H,8-10H2,1-2H3;4-8,11H,3,9-10H2,1-2H3;1-5,10-12H,6-8H2;7H,4-6H2,1-3H3;6H,4-5H2,1-3H3;2*7H,4-6H2,1-3H3;2*5,7H,3-4H2,1-2H3;4*1-6H;6H,4-5H2,1-3H3;5-7H,2-4H2,1H3. The lowest BCUT2D eigenvalue weighted by Crippen LogP contribution is -2.23. The van der Waals surface area contributed by atoms with Crippen molar-refractivity contribution in [1.29, 1.82) is 0 Å². The Morgan fingerprint density at radius 3 is 0.723 bits per heavy atom. The summed E-state index contributed by atoms with van der Waals surface area (Å²) in [5.41, 5.74) is 3.50. The van der Waals surface area contributed by atoms with Crippen LogP contribution in [0.2, 0.25) is 0 Å². The highest BCUT2D eigenvalue weighted by molar-refractivity contribution is 5.15. The molecule has 19 nitrogen and oxygen atoms in total. The van der Waals surface area contributed by atoms with Crippen molar-refractivity contribution in [2.24, 2.45) is 23.7 Å². The van der Waals surface area contributed by atoms with E-state index >= 15 is 0 Å². The van der Waals surface area contributed by atoms with Crippen molar-refractivity contribution < 1.29 is 92.2 Å². The molecule has 10 unspecified atom stereocenters. The first-order valence-corrected chi connectivity index (χ1v) is 48.3. The summed E-state index contributed by atoms with van der Waals surface area (Å²) >= 11 is 0. The second-order valence-electron chi connectivity index (χ2n) is 34.9. The molecule has 0 aromatic heterocycles. The molecule has 10 atom stereocenters. The Kier molecular flexibility index (Phi) is 83.2. The maximum Gasteiger partial charge on any atom is 0.163 e. The van der Waals surface area contributed by atoms with Crippen LogP contribution in [0.4, 0.5) is 0 Å². The summed E-state index contributed by atoms with van der Waals surface area (Å²) in [6.07, 6.45) is 16.2. The second kappa shape index (κ2) is 84.5. The fourth-order valence-corrected chi connectivity index (χ4v) is 11.3. The number of ether oxygens (including phenoxy) is 13. The van der Waals surface area contributed by atoms with Crippen molar-refractivity contribution in [2.75, 3.05) is 79.3 Å². The highest BCUT2D eigenvalue weighted by Gasteiger charge is 2.35. The van der Waals surface area contributed by atoms with Gasteiger partial charge in [-0.1, -0.05) is 404 Å². The highest BCUT2D eigenvalue weighted by atomic mass is 16.8. The summed E-state index contributed by atoms with van der Waals surface area (Å²) in [6.45, 7) is 56.3. The molecular formula is C111H186O19. The van der Waals surface area contributed by atoms with Crippen LogP contribution >= 0.6 is 0 Å². The first kappa shape index (κ1) is 128. The van der Waals surface area contributed by atoms with Crippen LogP contribution in [0.15, 0.2) is 237 Å². The molecule has 6 N–H and O–H groups in total. The van der Waals surface area contributed by atoms with Gasteiger partial charge in [-0.2, -0.15) is 0 Å². The zero-order chi connectivity index (χ0) is 97.9. The van der Waals surface area contributed by atoms with E-state index < -0.39 is 29.6 Å². The van der Waals surface area contributed by atoms with Gasteiger partial charge in [0.05, 0.1) is 111 Å². The molecule has 0 spiro atoms. The van der Waals surface area contributed by atoms with Gasteiger partial charge < -0.3 is 92.2 Å². The van der Waals surface area contributed by atoms with Crippen LogP contribution in [-0.4, -0.2) is 182 Å². The molecule has 744 valence electrons. The van der Waals surface area contributed by atoms with Crippen molar-refractivity contribution in [1.82, 2.24) is 0 Å². The van der Waals surface area contributed by atoms with Crippen molar-refractivity contribution in [3.05, 3.63) is 253 Å². The molecule has 5 saturated heterocycles. The predicted octanol–water partition coefficient (Wildman–Crippen LogP) is 24.9. The Labute approximate surface area is 791 Å². The zero-order valence-corrected chi connectivity index (χ0v) is 85.4. The van der Waals surface area contributed by atoms with E-state index in [0.717, 1.165) is 69.0 Å². The monoisotopic (exact) mass is 1820 g/mol. The van der Waals surface area contributed by atoms with Gasteiger partial charge in [-0.15, -0.1) is 0 Å². The third-order valence-electron chi connectivity index (χ3n) is 19.9. The van der Waals surface area contributed by atoms with Gasteiger partial charge in [-0.05, 0) is 129 Å². The number of rotatable bonds is 30. The Morgan fingerprint density at radius 1 is 0.285 bits per heavy atom. The maximum absolute atomic E-state index is 8.96. The normalized spacial score (nSPS) is 18.9. The van der Waals surface area contributed by atoms with Gasteiger partial charge >= 0.3 is 0 Å². The molecule has 0 aliphatic carbocycles. The topological polar surface area (TPSA) is 241 Å². The SMILES string of the molecule is CC1(C)OCC(CO)O1.CC1(C)OCC(CO)O1.CC1(C)OCC(COCc2ccccc2)O1.CCC(C)CC.CCC(C)COCc1ccccc1.CCC1COC(C)(C)O1.CCCC(C)CC.CCCC(C)CC.CCCC(O)CO.CCCC1COC(C)(C)O1.OCC(O)COCc1ccccc1.c1ccccc1.c1ccccc1.c1ccccc1.c1ccccc1. The first-order chi connectivity index (χ1) is 62.1. The van der Waals surface area contributed by atoms with Crippen LogP contribution in [0, 0.1) is 23.7 Å². The zero-order valence-electron chi connectivity index (χ0n) is 85.4. The summed E-state index contributed by atoms with van der Waals surface area (Å²) in [5, 5.41) is 51.5. The smallest absolute Gasteiger partial charge is 0.163 e. The molecule has 12 rings (SSSR count). The molecule has 5 aliphatic rings. The lowest BCUT2D eigenvalue weighted by molar-refractivity contribution is -0.145. The molecule has 7 aromatic rings. The van der Waals surface area contributed by atoms with Gasteiger partial charge in [0.15, 0.2) is 28.9 Å². The highest BCUT2D eigenvalue weighted by Crippen LogP contribution is 2.27. The van der Waals surface area contributed by atoms with Crippen molar-refractivity contribution in [3.8, 4) is 0 Å². The van der Waals surface area contributed by atoms with Crippen LogP contribution in [0.5, 0.6) is 0 Å². The minimum absolute atomic E-state index is 0.0451. The van der Waals surface area contributed by atoms with Gasteiger partial charge in [-0.25, -0.2) is 0 Å². The molecule has 0 bridgehead atoms. The lowest BCUT2D eigenvalue weighted by atomic mass is 10.0. The van der Waals surface area contributed by atoms with Crippen LogP contribution in [0.3, 0.4) is 0 Å². The Hall–Kier alpha value is -6.22. The molecule has 0 saturated carbocycles. The maximum atomic E-state index is 8.96. The second-order valence-corrected chi connectivity index (χ2v) is 34.9. The van der Waals surface area contributed by atoms with Gasteiger partial charge in [0, 0.05) is 6.61 Å². The van der Waals surface area contributed by atoms with Crippen LogP contribution < -0.4 is 0 Å².